The number of hydrazine groups is 1. The standard InChI is InChI=1S/C18H14N4O4/c19-9-13-4-1-2-5-14(13)11-26-15-7-3-6-12(8-15)17(24)21-22-10-16(23)20-18(22)25/h1-8H,10-11H2,(H,21,24)(H,20,23,25). The highest BCUT2D eigenvalue weighted by Crippen LogP contribution is 2.17. The lowest BCUT2D eigenvalue weighted by molar-refractivity contribution is -0.118. The molecule has 0 bridgehead atoms. The molecular weight excluding hydrogens is 336 g/mol. The lowest BCUT2D eigenvalue weighted by Gasteiger charge is -2.15. The van der Waals surface area contributed by atoms with Crippen molar-refractivity contribution in [2.24, 2.45) is 0 Å². The van der Waals surface area contributed by atoms with Crippen LogP contribution in [0, 0.1) is 11.3 Å². The second-order valence-electron chi connectivity index (χ2n) is 5.47. The number of nitriles is 1. The maximum Gasteiger partial charge on any atom is 0.343 e. The summed E-state index contributed by atoms with van der Waals surface area (Å²) in [4.78, 5) is 34.8. The van der Waals surface area contributed by atoms with E-state index in [1.165, 1.54) is 6.07 Å². The van der Waals surface area contributed by atoms with Crippen LogP contribution in [0.2, 0.25) is 0 Å². The number of nitrogens with one attached hydrogen (secondary N) is 2. The van der Waals surface area contributed by atoms with Gasteiger partial charge >= 0.3 is 6.03 Å². The summed E-state index contributed by atoms with van der Waals surface area (Å²) in [5.41, 5.74) is 3.88. The molecule has 1 aliphatic heterocycles. The molecule has 0 spiro atoms. The third kappa shape index (κ3) is 3.79. The van der Waals surface area contributed by atoms with Gasteiger partial charge in [-0.3, -0.25) is 20.3 Å². The first kappa shape index (κ1) is 17.0. The van der Waals surface area contributed by atoms with Crippen LogP contribution in [-0.4, -0.2) is 29.4 Å². The lowest BCUT2D eigenvalue weighted by atomic mass is 10.1. The Morgan fingerprint density at radius 2 is 2.04 bits per heavy atom. The van der Waals surface area contributed by atoms with E-state index in [4.69, 9.17) is 10.00 Å². The van der Waals surface area contributed by atoms with E-state index >= 15 is 0 Å². The van der Waals surface area contributed by atoms with Crippen LogP contribution in [0.4, 0.5) is 4.79 Å². The first-order valence-electron chi connectivity index (χ1n) is 7.70. The van der Waals surface area contributed by atoms with Gasteiger partial charge in [-0.15, -0.1) is 0 Å². The second kappa shape index (κ2) is 7.36. The van der Waals surface area contributed by atoms with Gasteiger partial charge in [-0.05, 0) is 24.3 Å². The van der Waals surface area contributed by atoms with Crippen LogP contribution in [-0.2, 0) is 11.4 Å². The van der Waals surface area contributed by atoms with Gasteiger partial charge in [0.1, 0.15) is 18.9 Å². The predicted molar refractivity (Wildman–Crippen MR) is 89.6 cm³/mol. The normalized spacial score (nSPS) is 13.1. The average Bonchev–Trinajstić information content (AvgIpc) is 2.97. The van der Waals surface area contributed by atoms with Crippen molar-refractivity contribution in [3.8, 4) is 11.8 Å². The fourth-order valence-corrected chi connectivity index (χ4v) is 2.36. The molecule has 0 aliphatic carbocycles. The van der Waals surface area contributed by atoms with Gasteiger partial charge in [0.15, 0.2) is 0 Å². The Morgan fingerprint density at radius 3 is 2.77 bits per heavy atom. The monoisotopic (exact) mass is 350 g/mol. The van der Waals surface area contributed by atoms with Gasteiger partial charge < -0.3 is 4.74 Å². The fourth-order valence-electron chi connectivity index (χ4n) is 2.36. The van der Waals surface area contributed by atoms with Crippen molar-refractivity contribution in [2.75, 3.05) is 6.54 Å². The van der Waals surface area contributed by atoms with Crippen LogP contribution in [0.5, 0.6) is 5.75 Å². The zero-order valence-corrected chi connectivity index (χ0v) is 13.6. The van der Waals surface area contributed by atoms with Crippen molar-refractivity contribution in [3.05, 3.63) is 65.2 Å². The lowest BCUT2D eigenvalue weighted by Crippen LogP contribution is -2.44. The van der Waals surface area contributed by atoms with Gasteiger partial charge in [0.05, 0.1) is 11.6 Å². The summed E-state index contributed by atoms with van der Waals surface area (Å²) in [5, 5.41) is 12.1. The molecule has 4 amide bonds. The molecule has 8 nitrogen and oxygen atoms in total. The van der Waals surface area contributed by atoms with Crippen LogP contribution in [0.15, 0.2) is 48.5 Å². The quantitative estimate of drug-likeness (QED) is 0.790. The van der Waals surface area contributed by atoms with Crippen LogP contribution >= 0.6 is 0 Å². The molecule has 0 saturated carbocycles. The first-order chi connectivity index (χ1) is 12.6. The molecule has 2 aromatic carbocycles. The molecule has 8 heteroatoms. The largest absolute Gasteiger partial charge is 0.489 e. The molecule has 0 radical (unpaired) electrons. The number of urea groups is 1. The molecule has 2 aromatic rings. The molecule has 1 saturated heterocycles. The minimum absolute atomic E-state index is 0.178. The highest BCUT2D eigenvalue weighted by Gasteiger charge is 2.28. The number of amides is 4. The Hall–Kier alpha value is -3.86. The molecule has 2 N–H and O–H groups in total. The van der Waals surface area contributed by atoms with Gasteiger partial charge in [0.2, 0.25) is 5.91 Å². The van der Waals surface area contributed by atoms with Crippen molar-refractivity contribution in [3.63, 3.8) is 0 Å². The van der Waals surface area contributed by atoms with E-state index in [1.54, 1.807) is 36.4 Å². The first-order valence-corrected chi connectivity index (χ1v) is 7.70. The summed E-state index contributed by atoms with van der Waals surface area (Å²) in [6, 6.07) is 14.9. The highest BCUT2D eigenvalue weighted by atomic mass is 16.5. The Labute approximate surface area is 148 Å². The Bertz CT molecular complexity index is 919. The number of carbonyl (C=O) groups excluding carboxylic acids is 3. The van der Waals surface area contributed by atoms with E-state index in [0.717, 1.165) is 10.6 Å². The number of hydrogen-bond acceptors (Lipinski definition) is 5. The Balaban J connectivity index is 1.66. The average molecular weight is 350 g/mol. The number of benzene rings is 2. The van der Waals surface area contributed by atoms with Crippen molar-refractivity contribution in [2.45, 2.75) is 6.61 Å². The molecule has 26 heavy (non-hydrogen) atoms. The molecule has 130 valence electrons. The van der Waals surface area contributed by atoms with Crippen molar-refractivity contribution in [1.82, 2.24) is 15.8 Å². The third-order valence-corrected chi connectivity index (χ3v) is 3.66. The summed E-state index contributed by atoms with van der Waals surface area (Å²) in [5.74, 6) is -0.589. The summed E-state index contributed by atoms with van der Waals surface area (Å²) < 4.78 is 5.66. The van der Waals surface area contributed by atoms with Crippen LogP contribution in [0.1, 0.15) is 21.5 Å². The fraction of sp³-hybridized carbons (Fsp3) is 0.111. The number of carbonyl (C=O) groups is 3. The van der Waals surface area contributed by atoms with Gasteiger partial charge in [0.25, 0.3) is 5.91 Å². The van der Waals surface area contributed by atoms with Crippen LogP contribution in [0.25, 0.3) is 0 Å². The molecular formula is C18H14N4O4. The van der Waals surface area contributed by atoms with E-state index in [1.807, 2.05) is 6.07 Å². The van der Waals surface area contributed by atoms with Crippen molar-refractivity contribution < 1.29 is 19.1 Å². The maximum atomic E-state index is 12.2. The maximum absolute atomic E-state index is 12.2. The molecule has 1 aliphatic rings. The van der Waals surface area contributed by atoms with E-state index < -0.39 is 17.8 Å². The molecule has 0 atom stereocenters. The predicted octanol–water partition coefficient (Wildman–Crippen LogP) is 1.33. The molecule has 0 aromatic heterocycles. The topological polar surface area (TPSA) is 112 Å². The van der Waals surface area contributed by atoms with E-state index in [-0.39, 0.29) is 18.7 Å². The van der Waals surface area contributed by atoms with Crippen LogP contribution in [0.3, 0.4) is 0 Å². The zero-order valence-electron chi connectivity index (χ0n) is 13.6. The SMILES string of the molecule is N#Cc1ccccc1COc1cccc(C(=O)NN2CC(=O)NC2=O)c1. The summed E-state index contributed by atoms with van der Waals surface area (Å²) in [6.07, 6.45) is 0. The number of imide groups is 1. The number of nitrogens with zero attached hydrogens (tertiary/aromatic N) is 2. The van der Waals surface area contributed by atoms with E-state index in [9.17, 15) is 14.4 Å². The minimum Gasteiger partial charge on any atom is -0.489 e. The smallest absolute Gasteiger partial charge is 0.343 e. The Kier molecular flexibility index (Phi) is 4.80. The number of rotatable bonds is 5. The Morgan fingerprint density at radius 1 is 1.23 bits per heavy atom. The van der Waals surface area contributed by atoms with E-state index in [2.05, 4.69) is 16.8 Å². The number of hydrogen-bond donors (Lipinski definition) is 2. The van der Waals surface area contributed by atoms with Gasteiger partial charge in [-0.25, -0.2) is 9.80 Å². The summed E-state index contributed by atoms with van der Waals surface area (Å²) in [6.45, 7) is -0.0520. The molecule has 0 unspecified atom stereocenters. The van der Waals surface area contributed by atoms with Gasteiger partial charge in [-0.1, -0.05) is 24.3 Å². The third-order valence-electron chi connectivity index (χ3n) is 3.66. The summed E-state index contributed by atoms with van der Waals surface area (Å²) >= 11 is 0. The van der Waals surface area contributed by atoms with Gasteiger partial charge in [0, 0.05) is 11.1 Å². The highest BCUT2D eigenvalue weighted by molar-refractivity contribution is 6.04. The number of ether oxygens (including phenoxy) is 1. The van der Waals surface area contributed by atoms with Crippen molar-refractivity contribution in [1.29, 1.82) is 5.26 Å². The van der Waals surface area contributed by atoms with Crippen LogP contribution < -0.4 is 15.5 Å². The molecule has 3 rings (SSSR count). The van der Waals surface area contributed by atoms with E-state index in [0.29, 0.717) is 11.3 Å². The minimum atomic E-state index is -0.677. The van der Waals surface area contributed by atoms with Crippen molar-refractivity contribution >= 4 is 17.8 Å². The molecule has 1 fully saturated rings. The summed E-state index contributed by atoms with van der Waals surface area (Å²) in [7, 11) is 0. The second-order valence-corrected chi connectivity index (χ2v) is 5.47. The van der Waals surface area contributed by atoms with Gasteiger partial charge in [-0.2, -0.15) is 5.26 Å². The zero-order chi connectivity index (χ0) is 18.5. The molecule has 1 heterocycles.